The van der Waals surface area contributed by atoms with Crippen molar-refractivity contribution in [3.8, 4) is 0 Å². The second-order valence-corrected chi connectivity index (χ2v) is 1.54. The molecule has 42 valence electrons. The highest BCUT2D eigenvalue weighted by atomic mass is 13.9. The molecule has 8 heavy (non-hydrogen) atoms. The highest BCUT2D eigenvalue weighted by molar-refractivity contribution is 5.19. The lowest BCUT2D eigenvalue weighted by Gasteiger charge is -1.90. The second kappa shape index (κ2) is 1.99. The average Bonchev–Trinajstić information content (AvgIpc) is 2.11. The Hall–Kier alpha value is -0.780. The van der Waals surface area contributed by atoms with Gasteiger partial charge in [-0.2, -0.15) is 0 Å². The zero-order chi connectivity index (χ0) is 11.0. The van der Waals surface area contributed by atoms with Crippen molar-refractivity contribution in [3.05, 3.63) is 35.3 Å². The summed E-state index contributed by atoms with van der Waals surface area (Å²) in [6, 6.07) is -0.881. The molecule has 0 fully saturated rings. The molecular formula is C8H10. The fraction of sp³-hybridized carbons (Fsp3) is 0.250. The van der Waals surface area contributed by atoms with E-state index in [2.05, 4.69) is 0 Å². The summed E-state index contributed by atoms with van der Waals surface area (Å²) < 4.78 is 44.1. The first kappa shape index (κ1) is 1.60. The van der Waals surface area contributed by atoms with E-state index >= 15 is 0 Å². The zero-order valence-electron chi connectivity index (χ0n) is 10.6. The summed E-state index contributed by atoms with van der Waals surface area (Å²) in [5.74, 6) is 0. The van der Waals surface area contributed by atoms with Crippen molar-refractivity contribution in [2.45, 2.75) is 13.8 Å². The Kier molecular flexibility index (Phi) is 0.398. The molecule has 1 aromatic rings. The molecule has 0 spiro atoms. The van der Waals surface area contributed by atoms with E-state index in [1.165, 1.54) is 6.92 Å². The van der Waals surface area contributed by atoms with Crippen molar-refractivity contribution in [3.63, 3.8) is 0 Å². The van der Waals surface area contributed by atoms with Gasteiger partial charge >= 0.3 is 0 Å². The van der Waals surface area contributed by atoms with E-state index in [-0.39, 0.29) is 35.3 Å². The maximum absolute atomic E-state index is 7.47. The predicted molar refractivity (Wildman–Crippen MR) is 35.9 cm³/mol. The third-order valence-corrected chi connectivity index (χ3v) is 0.769. The number of hydrogen-bond acceptors (Lipinski definition) is 0. The fourth-order valence-electron chi connectivity index (χ4n) is 0.385. The van der Waals surface area contributed by atoms with Crippen LogP contribution in [0.2, 0.25) is 0 Å². The van der Waals surface area contributed by atoms with Crippen LogP contribution in [-0.2, 0) is 0 Å². The van der Waals surface area contributed by atoms with Crippen molar-refractivity contribution in [1.29, 1.82) is 0 Å². The quantitative estimate of drug-likeness (QED) is 0.483. The summed E-state index contributed by atoms with van der Waals surface area (Å²) >= 11 is 0. The van der Waals surface area contributed by atoms with Crippen molar-refractivity contribution in [2.24, 2.45) is 0 Å². The molecule has 0 nitrogen and oxygen atoms in total. The first-order valence-corrected chi connectivity index (χ1v) is 2.29. The lowest BCUT2D eigenvalue weighted by atomic mass is 10.2. The highest BCUT2D eigenvalue weighted by Gasteiger charge is 1.79. The van der Waals surface area contributed by atoms with Crippen LogP contribution in [0.5, 0.6) is 0 Å². The van der Waals surface area contributed by atoms with Crippen LogP contribution >= 0.6 is 0 Å². The summed E-state index contributed by atoms with van der Waals surface area (Å²) in [6.07, 6.45) is 0. The first-order valence-electron chi connectivity index (χ1n) is 5.44. The molecule has 0 aliphatic carbocycles. The number of benzene rings is 1. The minimum atomic E-state index is -1.48. The van der Waals surface area contributed by atoms with Gasteiger partial charge < -0.3 is 0 Å². The van der Waals surface area contributed by atoms with E-state index in [1.54, 1.807) is 0 Å². The van der Waals surface area contributed by atoms with Gasteiger partial charge in [0.05, 0.1) is 5.48 Å². The Bertz CT molecular complexity index is 342. The Morgan fingerprint density at radius 2 is 1.75 bits per heavy atom. The zero-order valence-corrected chi connectivity index (χ0v) is 4.58. The summed E-state index contributed by atoms with van der Waals surface area (Å²) in [6.45, 7) is 0.0109. The largest absolute Gasteiger partial charge is 0.0626 e. The van der Waals surface area contributed by atoms with Crippen molar-refractivity contribution < 1.29 is 8.22 Å². The molecule has 0 radical (unpaired) electrons. The molecule has 0 heteroatoms. The van der Waals surface area contributed by atoms with Gasteiger partial charge in [-0.25, -0.2) is 0 Å². The normalized spacial score (nSPS) is 20.2. The molecule has 1 rings (SSSR count). The molecular weight excluding hydrogens is 96.1 g/mol. The van der Waals surface area contributed by atoms with E-state index in [0.717, 1.165) is 0 Å². The first-order chi connectivity index (χ1) is 6.37. The summed E-state index contributed by atoms with van der Waals surface area (Å²) in [5, 5.41) is 0. The van der Waals surface area contributed by atoms with Crippen molar-refractivity contribution in [1.82, 2.24) is 0 Å². The monoisotopic (exact) mass is 112 g/mol. The number of rotatable bonds is 0. The van der Waals surface area contributed by atoms with E-state index < -0.39 is 6.88 Å². The molecule has 0 heterocycles. The van der Waals surface area contributed by atoms with Gasteiger partial charge in [-0.05, 0) is 13.8 Å². The molecule has 0 bridgehead atoms. The molecule has 0 aromatic heterocycles. The molecule has 0 saturated heterocycles. The highest BCUT2D eigenvalue weighted by Crippen LogP contribution is 1.99. The molecule has 1 aromatic carbocycles. The second-order valence-electron chi connectivity index (χ2n) is 1.54. The maximum Gasteiger partial charge on any atom is 0.0626 e. The smallest absolute Gasteiger partial charge is 0.0591 e. The van der Waals surface area contributed by atoms with Crippen LogP contribution in [0.15, 0.2) is 24.2 Å². The lowest BCUT2D eigenvalue weighted by Crippen LogP contribution is -1.70. The summed E-state index contributed by atoms with van der Waals surface area (Å²) in [7, 11) is 0. The van der Waals surface area contributed by atoms with Crippen molar-refractivity contribution >= 4 is 0 Å². The van der Waals surface area contributed by atoms with Crippen LogP contribution in [0, 0.1) is 13.8 Å². The van der Waals surface area contributed by atoms with Gasteiger partial charge in [0.2, 0.25) is 0 Å². The molecule has 0 unspecified atom stereocenters. The molecule has 0 saturated carbocycles. The van der Waals surface area contributed by atoms with Crippen molar-refractivity contribution in [2.75, 3.05) is 0 Å². The maximum atomic E-state index is 7.47. The van der Waals surface area contributed by atoms with E-state index in [0.29, 0.717) is 0 Å². The third kappa shape index (κ3) is 1.09. The van der Waals surface area contributed by atoms with Crippen LogP contribution in [0.3, 0.4) is 0 Å². The van der Waals surface area contributed by atoms with Gasteiger partial charge in [0.15, 0.2) is 0 Å². The molecule has 0 N–H and O–H groups in total. The minimum absolute atomic E-state index is 0.161. The Morgan fingerprint density at radius 3 is 2.25 bits per heavy atom. The van der Waals surface area contributed by atoms with E-state index in [4.69, 9.17) is 8.22 Å². The molecule has 0 amide bonds. The van der Waals surface area contributed by atoms with Crippen LogP contribution in [0.25, 0.3) is 0 Å². The molecule has 0 aliphatic heterocycles. The Balaban J connectivity index is 3.60. The summed E-state index contributed by atoms with van der Waals surface area (Å²) in [4.78, 5) is 0. The van der Waals surface area contributed by atoms with Gasteiger partial charge in [-0.1, -0.05) is 35.3 Å². The standard InChI is InChI=1S/C8H10/c1-7-3-5-8(2)6-4-7/h3-6H,1-2H3/i1D2,3D,4D,5D,6D. The van der Waals surface area contributed by atoms with Gasteiger partial charge in [0.1, 0.15) is 0 Å². The van der Waals surface area contributed by atoms with Crippen LogP contribution < -0.4 is 0 Å². The molecule has 0 atom stereocenters. The van der Waals surface area contributed by atoms with E-state index in [9.17, 15) is 0 Å². The Labute approximate surface area is 58.6 Å². The third-order valence-electron chi connectivity index (χ3n) is 0.769. The SMILES string of the molecule is [2H]c1c([2H])c(C([2H])[2H])c([2H])c([2H])c1C. The Morgan fingerprint density at radius 1 is 1.25 bits per heavy atom. The minimum Gasteiger partial charge on any atom is -0.0591 e. The number of hydrogen-bond donors (Lipinski definition) is 0. The van der Waals surface area contributed by atoms with Crippen LogP contribution in [0.4, 0.5) is 0 Å². The fourth-order valence-corrected chi connectivity index (χ4v) is 0.385. The van der Waals surface area contributed by atoms with E-state index in [1.807, 2.05) is 0 Å². The predicted octanol–water partition coefficient (Wildman–Crippen LogP) is 2.30. The van der Waals surface area contributed by atoms with Gasteiger partial charge in [-0.3, -0.25) is 0 Å². The summed E-state index contributed by atoms with van der Waals surface area (Å²) in [5.41, 5.74) is 0.0926. The topological polar surface area (TPSA) is 0 Å². The molecule has 0 aliphatic rings. The van der Waals surface area contributed by atoms with Gasteiger partial charge in [-0.15, -0.1) is 0 Å². The average molecular weight is 112 g/mol. The van der Waals surface area contributed by atoms with Gasteiger partial charge in [0.25, 0.3) is 0 Å². The van der Waals surface area contributed by atoms with Gasteiger partial charge in [0, 0.05) is 2.74 Å². The van der Waals surface area contributed by atoms with Crippen LogP contribution in [0.1, 0.15) is 19.4 Å². The lowest BCUT2D eigenvalue weighted by molar-refractivity contribution is 1.40. The van der Waals surface area contributed by atoms with Crippen LogP contribution in [-0.4, -0.2) is 0 Å².